The Morgan fingerprint density at radius 1 is 1.30 bits per heavy atom. The highest BCUT2D eigenvalue weighted by Gasteiger charge is 2.43. The molecule has 0 aromatic rings. The third kappa shape index (κ3) is 4.67. The van der Waals surface area contributed by atoms with Crippen molar-refractivity contribution in [3.05, 3.63) is 12.7 Å². The van der Waals surface area contributed by atoms with Crippen LogP contribution < -0.4 is 5.32 Å². The van der Waals surface area contributed by atoms with Gasteiger partial charge in [-0.05, 0) is 31.3 Å². The van der Waals surface area contributed by atoms with Gasteiger partial charge in [-0.25, -0.2) is 4.79 Å². The van der Waals surface area contributed by atoms with E-state index in [0.717, 1.165) is 12.8 Å². The molecule has 1 aliphatic heterocycles. The highest BCUT2D eigenvalue weighted by molar-refractivity contribution is 5.95. The molecule has 0 aromatic carbocycles. The number of nitrogens with one attached hydrogen (secondary N) is 1. The smallest absolute Gasteiger partial charge is 0.329 e. The average Bonchev–Trinajstić information content (AvgIpc) is 3.07. The Bertz CT molecular complexity index is 625. The van der Waals surface area contributed by atoms with E-state index in [1.165, 1.54) is 15.9 Å². The molecule has 1 heterocycles. The van der Waals surface area contributed by atoms with Gasteiger partial charge in [0.15, 0.2) is 0 Å². The number of hydrogen-bond acceptors (Lipinski definition) is 4. The molecule has 2 aliphatic rings. The number of aliphatic carboxylic acids is 1. The Balaban J connectivity index is 2.07. The Hall–Kier alpha value is -2.38. The SMILES string of the molecule is C=CC(=O)N1CCN(CC(=O)NC2(C(=O)O)CCCC2)C(=O)C1CC(C)C. The molecule has 3 amide bonds. The van der Waals surface area contributed by atoms with Gasteiger partial charge in [-0.3, -0.25) is 14.4 Å². The van der Waals surface area contributed by atoms with Crippen LogP contribution in [0.2, 0.25) is 0 Å². The molecule has 1 atom stereocenters. The summed E-state index contributed by atoms with van der Waals surface area (Å²) in [6.07, 6.45) is 4.00. The van der Waals surface area contributed by atoms with Gasteiger partial charge in [0.2, 0.25) is 17.7 Å². The lowest BCUT2D eigenvalue weighted by Crippen LogP contribution is -2.61. The Morgan fingerprint density at radius 2 is 1.93 bits per heavy atom. The van der Waals surface area contributed by atoms with Crippen LogP contribution in [0.25, 0.3) is 0 Å². The van der Waals surface area contributed by atoms with Gasteiger partial charge >= 0.3 is 5.97 Å². The van der Waals surface area contributed by atoms with Crippen molar-refractivity contribution in [1.82, 2.24) is 15.1 Å². The van der Waals surface area contributed by atoms with E-state index in [9.17, 15) is 24.3 Å². The summed E-state index contributed by atoms with van der Waals surface area (Å²) in [4.78, 5) is 51.9. The summed E-state index contributed by atoms with van der Waals surface area (Å²) in [6.45, 7) is 7.78. The molecule has 150 valence electrons. The van der Waals surface area contributed by atoms with Crippen molar-refractivity contribution in [2.75, 3.05) is 19.6 Å². The van der Waals surface area contributed by atoms with Crippen molar-refractivity contribution >= 4 is 23.7 Å². The summed E-state index contributed by atoms with van der Waals surface area (Å²) < 4.78 is 0. The number of rotatable bonds is 7. The molecule has 8 heteroatoms. The second-order valence-electron chi connectivity index (χ2n) is 7.78. The predicted octanol–water partition coefficient (Wildman–Crippen LogP) is 0.772. The van der Waals surface area contributed by atoms with E-state index in [1.807, 2.05) is 13.8 Å². The predicted molar refractivity (Wildman–Crippen MR) is 98.7 cm³/mol. The van der Waals surface area contributed by atoms with Gasteiger partial charge in [0.05, 0.1) is 6.54 Å². The van der Waals surface area contributed by atoms with Crippen molar-refractivity contribution in [2.24, 2.45) is 5.92 Å². The molecule has 2 N–H and O–H groups in total. The summed E-state index contributed by atoms with van der Waals surface area (Å²) in [5.41, 5.74) is -1.22. The normalized spacial score (nSPS) is 22.0. The molecular weight excluding hydrogens is 350 g/mol. The van der Waals surface area contributed by atoms with E-state index in [-0.39, 0.29) is 30.8 Å². The third-order valence-corrected chi connectivity index (χ3v) is 5.32. The van der Waals surface area contributed by atoms with E-state index in [0.29, 0.717) is 25.8 Å². The highest BCUT2D eigenvalue weighted by atomic mass is 16.4. The fourth-order valence-corrected chi connectivity index (χ4v) is 3.90. The van der Waals surface area contributed by atoms with Crippen LogP contribution in [0.4, 0.5) is 0 Å². The largest absolute Gasteiger partial charge is 0.480 e. The van der Waals surface area contributed by atoms with Crippen LogP contribution in [-0.2, 0) is 19.2 Å². The second-order valence-corrected chi connectivity index (χ2v) is 7.78. The van der Waals surface area contributed by atoms with Crippen LogP contribution in [0, 0.1) is 5.92 Å². The van der Waals surface area contributed by atoms with E-state index >= 15 is 0 Å². The number of carbonyl (C=O) groups is 4. The number of piperazine rings is 1. The summed E-state index contributed by atoms with van der Waals surface area (Å²) in [5.74, 6) is -1.88. The lowest BCUT2D eigenvalue weighted by Gasteiger charge is -2.41. The molecule has 27 heavy (non-hydrogen) atoms. The lowest BCUT2D eigenvalue weighted by atomic mass is 9.97. The zero-order valence-electron chi connectivity index (χ0n) is 16.1. The van der Waals surface area contributed by atoms with Gasteiger partial charge in [0, 0.05) is 13.1 Å². The quantitative estimate of drug-likeness (QED) is 0.636. The average molecular weight is 379 g/mol. The summed E-state index contributed by atoms with van der Waals surface area (Å²) in [6, 6.07) is -0.628. The van der Waals surface area contributed by atoms with Crippen molar-refractivity contribution in [3.8, 4) is 0 Å². The summed E-state index contributed by atoms with van der Waals surface area (Å²) in [5, 5.41) is 12.1. The van der Waals surface area contributed by atoms with Crippen LogP contribution in [0.15, 0.2) is 12.7 Å². The van der Waals surface area contributed by atoms with Gasteiger partial charge in [-0.1, -0.05) is 33.3 Å². The second kappa shape index (κ2) is 8.54. The zero-order valence-corrected chi connectivity index (χ0v) is 16.1. The van der Waals surface area contributed by atoms with Crippen molar-refractivity contribution in [3.63, 3.8) is 0 Å². The maximum Gasteiger partial charge on any atom is 0.329 e. The van der Waals surface area contributed by atoms with Gasteiger partial charge in [-0.15, -0.1) is 0 Å². The highest BCUT2D eigenvalue weighted by Crippen LogP contribution is 2.30. The lowest BCUT2D eigenvalue weighted by molar-refractivity contribution is -0.153. The van der Waals surface area contributed by atoms with Crippen molar-refractivity contribution < 1.29 is 24.3 Å². The molecule has 0 bridgehead atoms. The first kappa shape index (κ1) is 20.9. The van der Waals surface area contributed by atoms with Crippen LogP contribution >= 0.6 is 0 Å². The fraction of sp³-hybridized carbons (Fsp3) is 0.684. The minimum absolute atomic E-state index is 0.196. The van der Waals surface area contributed by atoms with Gasteiger partial charge in [0.25, 0.3) is 0 Å². The molecule has 1 saturated carbocycles. The molecule has 0 radical (unpaired) electrons. The number of carboxylic acids is 1. The zero-order chi connectivity index (χ0) is 20.2. The number of carbonyl (C=O) groups excluding carboxylic acids is 3. The molecular formula is C19H29N3O5. The number of amides is 3. The fourth-order valence-electron chi connectivity index (χ4n) is 3.90. The standard InChI is InChI=1S/C19H29N3O5/c1-4-16(24)22-10-9-21(17(25)14(22)11-13(2)3)12-15(23)20-19(18(26)27)7-5-6-8-19/h4,13-14H,1,5-12H2,2-3H3,(H,20,23)(H,26,27). The van der Waals surface area contributed by atoms with Gasteiger partial charge < -0.3 is 20.2 Å². The topological polar surface area (TPSA) is 107 Å². The minimum atomic E-state index is -1.22. The molecule has 0 aromatic heterocycles. The Labute approximate surface area is 159 Å². The molecule has 1 unspecified atom stereocenters. The molecule has 8 nitrogen and oxygen atoms in total. The Morgan fingerprint density at radius 3 is 2.44 bits per heavy atom. The van der Waals surface area contributed by atoms with Crippen LogP contribution in [0.1, 0.15) is 46.0 Å². The third-order valence-electron chi connectivity index (χ3n) is 5.32. The summed E-state index contributed by atoms with van der Waals surface area (Å²) in [7, 11) is 0. The monoisotopic (exact) mass is 379 g/mol. The van der Waals surface area contributed by atoms with E-state index in [4.69, 9.17) is 0 Å². The molecule has 2 fully saturated rings. The first-order valence-corrected chi connectivity index (χ1v) is 9.46. The molecule has 1 saturated heterocycles. The van der Waals surface area contributed by atoms with Gasteiger partial charge in [-0.2, -0.15) is 0 Å². The van der Waals surface area contributed by atoms with Crippen molar-refractivity contribution in [2.45, 2.75) is 57.5 Å². The first-order valence-electron chi connectivity index (χ1n) is 9.46. The van der Waals surface area contributed by atoms with E-state index in [1.54, 1.807) is 0 Å². The number of nitrogens with zero attached hydrogens (tertiary/aromatic N) is 2. The van der Waals surface area contributed by atoms with E-state index < -0.39 is 23.5 Å². The molecule has 1 aliphatic carbocycles. The minimum Gasteiger partial charge on any atom is -0.480 e. The first-order chi connectivity index (χ1) is 12.7. The molecule has 0 spiro atoms. The number of hydrogen-bond donors (Lipinski definition) is 2. The van der Waals surface area contributed by atoms with Crippen LogP contribution in [0.5, 0.6) is 0 Å². The van der Waals surface area contributed by atoms with E-state index in [2.05, 4.69) is 11.9 Å². The van der Waals surface area contributed by atoms with Crippen molar-refractivity contribution in [1.29, 1.82) is 0 Å². The maximum atomic E-state index is 12.9. The summed E-state index contributed by atoms with van der Waals surface area (Å²) >= 11 is 0. The van der Waals surface area contributed by atoms with Gasteiger partial charge in [0.1, 0.15) is 11.6 Å². The Kier molecular flexibility index (Phi) is 6.62. The number of carboxylic acid groups (broad SMARTS) is 1. The maximum absolute atomic E-state index is 12.9. The molecule has 2 rings (SSSR count). The van der Waals surface area contributed by atoms with Crippen LogP contribution in [0.3, 0.4) is 0 Å². The van der Waals surface area contributed by atoms with Crippen LogP contribution in [-0.4, -0.2) is 69.8 Å².